The van der Waals surface area contributed by atoms with E-state index < -0.39 is 0 Å². The lowest BCUT2D eigenvalue weighted by Crippen LogP contribution is -2.13. The van der Waals surface area contributed by atoms with Crippen molar-refractivity contribution >= 4 is 17.7 Å². The summed E-state index contributed by atoms with van der Waals surface area (Å²) in [5.74, 6) is 0.165. The zero-order valence-corrected chi connectivity index (χ0v) is 11.9. The van der Waals surface area contributed by atoms with Crippen molar-refractivity contribution in [2.24, 2.45) is 5.41 Å². The number of carbonyl (C=O) groups is 1. The number of hydrogen-bond donors (Lipinski definition) is 0. The highest BCUT2D eigenvalue weighted by Gasteiger charge is 2.44. The fraction of sp³-hybridized carbons (Fsp3) is 0.615. The normalized spacial score (nSPS) is 16.2. The molecule has 1 heterocycles. The van der Waals surface area contributed by atoms with E-state index in [1.165, 1.54) is 25.2 Å². The van der Waals surface area contributed by atoms with Gasteiger partial charge in [0.1, 0.15) is 11.4 Å². The minimum atomic E-state index is -0.330. The number of esters is 1. The highest BCUT2D eigenvalue weighted by atomic mass is 32.2. The topological polar surface area (TPSA) is 52.1 Å². The van der Waals surface area contributed by atoms with E-state index in [4.69, 9.17) is 4.74 Å². The molecular weight excluding hydrogens is 267 g/mol. The number of nitrogens with zero attached hydrogens (tertiary/aromatic N) is 2. The van der Waals surface area contributed by atoms with Crippen molar-refractivity contribution in [3.63, 3.8) is 0 Å². The van der Waals surface area contributed by atoms with Crippen LogP contribution in [0, 0.1) is 11.2 Å². The Balaban J connectivity index is 1.97. The predicted molar refractivity (Wildman–Crippen MR) is 70.4 cm³/mol. The van der Waals surface area contributed by atoms with Gasteiger partial charge in [0.25, 0.3) is 0 Å². The molecule has 1 fully saturated rings. The smallest absolute Gasteiger partial charge is 0.306 e. The third-order valence-corrected chi connectivity index (χ3v) is 4.70. The van der Waals surface area contributed by atoms with Gasteiger partial charge in [-0.3, -0.25) is 4.79 Å². The summed E-state index contributed by atoms with van der Waals surface area (Å²) in [4.78, 5) is 19.2. The second kappa shape index (κ2) is 5.86. The van der Waals surface area contributed by atoms with Gasteiger partial charge in [-0.1, -0.05) is 6.92 Å². The van der Waals surface area contributed by atoms with Crippen LogP contribution in [0.2, 0.25) is 0 Å². The summed E-state index contributed by atoms with van der Waals surface area (Å²) in [6.45, 7) is 1.86. The highest BCUT2D eigenvalue weighted by Crippen LogP contribution is 2.52. The van der Waals surface area contributed by atoms with Crippen molar-refractivity contribution in [2.45, 2.75) is 37.6 Å². The first-order chi connectivity index (χ1) is 9.10. The molecule has 1 aliphatic rings. The first-order valence-electron chi connectivity index (χ1n) is 6.29. The Morgan fingerprint density at radius 1 is 1.53 bits per heavy atom. The molecule has 0 unspecified atom stereocenters. The Morgan fingerprint density at radius 2 is 2.26 bits per heavy atom. The van der Waals surface area contributed by atoms with Gasteiger partial charge < -0.3 is 4.74 Å². The van der Waals surface area contributed by atoms with Gasteiger partial charge in [-0.2, -0.15) is 0 Å². The van der Waals surface area contributed by atoms with Gasteiger partial charge in [0.2, 0.25) is 0 Å². The van der Waals surface area contributed by atoms with Crippen molar-refractivity contribution in [3.05, 3.63) is 17.8 Å². The van der Waals surface area contributed by atoms with Crippen LogP contribution < -0.4 is 0 Å². The SMILES string of the molecule is CCc1ncnc(SCC2(CC(=O)OC)CC2)c1F. The largest absolute Gasteiger partial charge is 0.469 e. The van der Waals surface area contributed by atoms with Crippen LogP contribution in [0.5, 0.6) is 0 Å². The third-order valence-electron chi connectivity index (χ3n) is 3.38. The quantitative estimate of drug-likeness (QED) is 0.456. The summed E-state index contributed by atoms with van der Waals surface area (Å²) >= 11 is 1.36. The van der Waals surface area contributed by atoms with Gasteiger partial charge in [0.15, 0.2) is 5.82 Å². The first kappa shape index (κ1) is 14.2. The van der Waals surface area contributed by atoms with Crippen LogP contribution in [0.25, 0.3) is 0 Å². The summed E-state index contributed by atoms with van der Waals surface area (Å²) in [5.41, 5.74) is 0.414. The van der Waals surface area contributed by atoms with E-state index in [0.29, 0.717) is 29.3 Å². The molecule has 0 saturated heterocycles. The van der Waals surface area contributed by atoms with E-state index in [9.17, 15) is 9.18 Å². The maximum Gasteiger partial charge on any atom is 0.306 e. The zero-order valence-electron chi connectivity index (χ0n) is 11.1. The fourth-order valence-corrected chi connectivity index (χ4v) is 3.08. The summed E-state index contributed by atoms with van der Waals surface area (Å²) in [7, 11) is 1.39. The van der Waals surface area contributed by atoms with Crippen LogP contribution in [0.4, 0.5) is 4.39 Å². The van der Waals surface area contributed by atoms with Gasteiger partial charge in [0, 0.05) is 5.75 Å². The molecule has 0 bridgehead atoms. The van der Waals surface area contributed by atoms with Crippen molar-refractivity contribution < 1.29 is 13.9 Å². The standard InChI is InChI=1S/C13H17FN2O2S/c1-3-9-11(14)12(16-8-15-9)19-7-13(4-5-13)6-10(17)18-2/h8H,3-7H2,1-2H3. The maximum absolute atomic E-state index is 14.0. The van der Waals surface area contributed by atoms with Gasteiger partial charge in [0.05, 0.1) is 19.2 Å². The van der Waals surface area contributed by atoms with E-state index in [2.05, 4.69) is 9.97 Å². The van der Waals surface area contributed by atoms with E-state index in [-0.39, 0.29) is 17.2 Å². The Bertz CT molecular complexity index is 478. The van der Waals surface area contributed by atoms with Crippen molar-refractivity contribution in [1.29, 1.82) is 0 Å². The number of carbonyl (C=O) groups excluding carboxylic acids is 1. The average molecular weight is 284 g/mol. The lowest BCUT2D eigenvalue weighted by molar-refractivity contribution is -0.141. The van der Waals surface area contributed by atoms with Crippen LogP contribution in [0.3, 0.4) is 0 Å². The lowest BCUT2D eigenvalue weighted by atomic mass is 10.1. The molecule has 104 valence electrons. The summed E-state index contributed by atoms with van der Waals surface area (Å²) in [6.07, 6.45) is 4.33. The molecule has 19 heavy (non-hydrogen) atoms. The molecule has 0 N–H and O–H groups in total. The van der Waals surface area contributed by atoms with Gasteiger partial charge in [-0.25, -0.2) is 14.4 Å². The molecule has 0 aromatic carbocycles. The maximum atomic E-state index is 14.0. The number of hydrogen-bond acceptors (Lipinski definition) is 5. The molecular formula is C13H17FN2O2S. The van der Waals surface area contributed by atoms with E-state index in [1.54, 1.807) is 0 Å². The van der Waals surface area contributed by atoms with E-state index in [0.717, 1.165) is 12.8 Å². The molecule has 1 saturated carbocycles. The molecule has 2 rings (SSSR count). The second-order valence-corrected chi connectivity index (χ2v) is 5.80. The molecule has 1 aromatic rings. The van der Waals surface area contributed by atoms with Crippen LogP contribution in [-0.4, -0.2) is 28.8 Å². The monoisotopic (exact) mass is 284 g/mol. The van der Waals surface area contributed by atoms with Crippen LogP contribution in [0.15, 0.2) is 11.4 Å². The molecule has 0 aliphatic heterocycles. The van der Waals surface area contributed by atoms with Crippen molar-refractivity contribution in [1.82, 2.24) is 9.97 Å². The van der Waals surface area contributed by atoms with Crippen molar-refractivity contribution in [2.75, 3.05) is 12.9 Å². The molecule has 0 amide bonds. The second-order valence-electron chi connectivity index (χ2n) is 4.83. The molecule has 1 aliphatic carbocycles. The van der Waals surface area contributed by atoms with Gasteiger partial charge in [-0.05, 0) is 24.7 Å². The minimum Gasteiger partial charge on any atom is -0.469 e. The van der Waals surface area contributed by atoms with E-state index >= 15 is 0 Å². The Labute approximate surface area is 116 Å². The van der Waals surface area contributed by atoms with E-state index in [1.807, 2.05) is 6.92 Å². The number of aromatic nitrogens is 2. The predicted octanol–water partition coefficient (Wildman–Crippen LogP) is 2.61. The number of ether oxygens (including phenoxy) is 1. The Morgan fingerprint density at radius 3 is 2.84 bits per heavy atom. The fourth-order valence-electron chi connectivity index (χ4n) is 1.88. The number of rotatable bonds is 6. The molecule has 6 heteroatoms. The molecule has 0 radical (unpaired) electrons. The Kier molecular flexibility index (Phi) is 4.39. The summed E-state index contributed by atoms with van der Waals surface area (Å²) < 4.78 is 18.7. The molecule has 0 atom stereocenters. The van der Waals surface area contributed by atoms with Gasteiger partial charge >= 0.3 is 5.97 Å². The molecule has 1 aromatic heterocycles. The van der Waals surface area contributed by atoms with Crippen LogP contribution in [-0.2, 0) is 16.0 Å². The minimum absolute atomic E-state index is 0.0263. The first-order valence-corrected chi connectivity index (χ1v) is 7.28. The Hall–Kier alpha value is -1.17. The number of methoxy groups -OCH3 is 1. The lowest BCUT2D eigenvalue weighted by Gasteiger charge is -2.13. The number of thioether (sulfide) groups is 1. The summed E-state index contributed by atoms with van der Waals surface area (Å²) in [5, 5.41) is 0.378. The number of aryl methyl sites for hydroxylation is 1. The van der Waals surface area contributed by atoms with Gasteiger partial charge in [-0.15, -0.1) is 11.8 Å². The molecule has 4 nitrogen and oxygen atoms in total. The van der Waals surface area contributed by atoms with Crippen LogP contribution in [0.1, 0.15) is 31.9 Å². The van der Waals surface area contributed by atoms with Crippen molar-refractivity contribution in [3.8, 4) is 0 Å². The zero-order chi connectivity index (χ0) is 13.9. The average Bonchev–Trinajstić information content (AvgIpc) is 3.17. The third kappa shape index (κ3) is 3.43. The number of halogens is 1. The van der Waals surface area contributed by atoms with Crippen LogP contribution >= 0.6 is 11.8 Å². The summed E-state index contributed by atoms with van der Waals surface area (Å²) in [6, 6.07) is 0. The molecule has 0 spiro atoms. The highest BCUT2D eigenvalue weighted by molar-refractivity contribution is 7.99.